The van der Waals surface area contributed by atoms with Gasteiger partial charge in [-0.2, -0.15) is 0 Å². The van der Waals surface area contributed by atoms with Crippen LogP contribution in [-0.4, -0.2) is 68.6 Å². The largest absolute Gasteiger partial charge is 0.356 e. The van der Waals surface area contributed by atoms with E-state index < -0.39 is 10.0 Å². The average molecular weight is 346 g/mol. The van der Waals surface area contributed by atoms with Gasteiger partial charge >= 0.3 is 0 Å². The SMILES string of the molecule is CC(C)N1CCC(CNC(=O)C2CCN(S(C)(=O)=O)CC2)CC1. The van der Waals surface area contributed by atoms with Crippen molar-refractivity contribution in [1.29, 1.82) is 0 Å². The lowest BCUT2D eigenvalue weighted by Gasteiger charge is -2.35. The van der Waals surface area contributed by atoms with Crippen molar-refractivity contribution < 1.29 is 13.2 Å². The van der Waals surface area contributed by atoms with Crippen LogP contribution in [0.1, 0.15) is 39.5 Å². The third-order valence-electron chi connectivity index (χ3n) is 5.24. The molecule has 0 aromatic carbocycles. The lowest BCUT2D eigenvalue weighted by Crippen LogP contribution is -2.45. The van der Waals surface area contributed by atoms with Gasteiger partial charge in [0.25, 0.3) is 0 Å². The summed E-state index contributed by atoms with van der Waals surface area (Å²) in [6, 6.07) is 0.602. The summed E-state index contributed by atoms with van der Waals surface area (Å²) in [5, 5.41) is 3.09. The van der Waals surface area contributed by atoms with Gasteiger partial charge < -0.3 is 10.2 Å². The third kappa shape index (κ3) is 5.43. The van der Waals surface area contributed by atoms with Crippen molar-refractivity contribution in [2.75, 3.05) is 39.0 Å². The molecule has 2 saturated heterocycles. The molecule has 0 aromatic rings. The number of nitrogens with zero attached hydrogens (tertiary/aromatic N) is 2. The number of hydrogen-bond acceptors (Lipinski definition) is 4. The first-order valence-electron chi connectivity index (χ1n) is 8.74. The summed E-state index contributed by atoms with van der Waals surface area (Å²) in [6.07, 6.45) is 4.78. The summed E-state index contributed by atoms with van der Waals surface area (Å²) >= 11 is 0. The first-order chi connectivity index (χ1) is 10.8. The van der Waals surface area contributed by atoms with Gasteiger partial charge in [0.05, 0.1) is 6.26 Å². The van der Waals surface area contributed by atoms with E-state index in [4.69, 9.17) is 0 Å². The Balaban J connectivity index is 1.68. The number of rotatable bonds is 5. The van der Waals surface area contributed by atoms with Crippen LogP contribution in [0.4, 0.5) is 0 Å². The minimum Gasteiger partial charge on any atom is -0.356 e. The molecule has 2 rings (SSSR count). The van der Waals surface area contributed by atoms with Gasteiger partial charge in [-0.1, -0.05) is 0 Å². The molecular weight excluding hydrogens is 314 g/mol. The van der Waals surface area contributed by atoms with Crippen molar-refractivity contribution in [2.45, 2.75) is 45.6 Å². The summed E-state index contributed by atoms with van der Waals surface area (Å²) in [6.45, 7) is 8.37. The van der Waals surface area contributed by atoms with Crippen molar-refractivity contribution in [1.82, 2.24) is 14.5 Å². The van der Waals surface area contributed by atoms with Gasteiger partial charge in [0.2, 0.25) is 15.9 Å². The van der Waals surface area contributed by atoms with Crippen molar-refractivity contribution in [3.63, 3.8) is 0 Å². The van der Waals surface area contributed by atoms with Crippen LogP contribution >= 0.6 is 0 Å². The van der Waals surface area contributed by atoms with Crippen LogP contribution in [0.5, 0.6) is 0 Å². The summed E-state index contributed by atoms with van der Waals surface area (Å²) < 4.78 is 24.5. The second-order valence-electron chi connectivity index (χ2n) is 7.25. The second kappa shape index (κ2) is 7.94. The molecule has 0 atom stereocenters. The highest BCUT2D eigenvalue weighted by Gasteiger charge is 2.29. The van der Waals surface area contributed by atoms with E-state index in [-0.39, 0.29) is 11.8 Å². The Morgan fingerprint density at radius 2 is 1.65 bits per heavy atom. The minimum absolute atomic E-state index is 0.0382. The molecule has 2 aliphatic rings. The van der Waals surface area contributed by atoms with E-state index in [1.54, 1.807) is 0 Å². The lowest BCUT2D eigenvalue weighted by molar-refractivity contribution is -0.126. The van der Waals surface area contributed by atoms with Crippen LogP contribution in [0.3, 0.4) is 0 Å². The Hall–Kier alpha value is -0.660. The van der Waals surface area contributed by atoms with Gasteiger partial charge in [-0.25, -0.2) is 12.7 Å². The van der Waals surface area contributed by atoms with Crippen LogP contribution in [0.2, 0.25) is 0 Å². The normalized spacial score (nSPS) is 23.3. The quantitative estimate of drug-likeness (QED) is 0.804. The fourth-order valence-electron chi connectivity index (χ4n) is 3.51. The third-order valence-corrected chi connectivity index (χ3v) is 6.54. The van der Waals surface area contributed by atoms with Crippen molar-refractivity contribution in [3.8, 4) is 0 Å². The fraction of sp³-hybridized carbons (Fsp3) is 0.938. The number of sulfonamides is 1. The Labute approximate surface area is 140 Å². The van der Waals surface area contributed by atoms with E-state index in [2.05, 4.69) is 24.1 Å². The molecular formula is C16H31N3O3S. The Morgan fingerprint density at radius 1 is 1.09 bits per heavy atom. The maximum atomic E-state index is 12.3. The van der Waals surface area contributed by atoms with Gasteiger partial charge in [-0.15, -0.1) is 0 Å². The molecule has 0 spiro atoms. The number of likely N-dealkylation sites (tertiary alicyclic amines) is 1. The van der Waals surface area contributed by atoms with Gasteiger partial charge in [0.1, 0.15) is 0 Å². The highest BCUT2D eigenvalue weighted by molar-refractivity contribution is 7.88. The Kier molecular flexibility index (Phi) is 6.45. The zero-order valence-corrected chi connectivity index (χ0v) is 15.4. The molecule has 134 valence electrons. The van der Waals surface area contributed by atoms with Crippen LogP contribution in [0.25, 0.3) is 0 Å². The topological polar surface area (TPSA) is 69.7 Å². The Morgan fingerprint density at radius 3 is 2.13 bits per heavy atom. The van der Waals surface area contributed by atoms with Crippen molar-refractivity contribution in [3.05, 3.63) is 0 Å². The maximum absolute atomic E-state index is 12.3. The molecule has 6 nitrogen and oxygen atoms in total. The van der Waals surface area contributed by atoms with Gasteiger partial charge in [0.15, 0.2) is 0 Å². The maximum Gasteiger partial charge on any atom is 0.223 e. The molecule has 7 heteroatoms. The summed E-state index contributed by atoms with van der Waals surface area (Å²) in [5.41, 5.74) is 0. The summed E-state index contributed by atoms with van der Waals surface area (Å²) in [4.78, 5) is 14.8. The number of hydrogen-bond donors (Lipinski definition) is 1. The molecule has 0 saturated carbocycles. The number of nitrogens with one attached hydrogen (secondary N) is 1. The summed E-state index contributed by atoms with van der Waals surface area (Å²) in [5.74, 6) is 0.637. The summed E-state index contributed by atoms with van der Waals surface area (Å²) in [7, 11) is -3.12. The van der Waals surface area contributed by atoms with Crippen molar-refractivity contribution in [2.24, 2.45) is 11.8 Å². The molecule has 0 unspecified atom stereocenters. The standard InChI is InChI=1S/C16H31N3O3S/c1-13(2)18-8-4-14(5-9-18)12-17-16(20)15-6-10-19(11-7-15)23(3,21)22/h13-15H,4-12H2,1-3H3,(H,17,20). The molecule has 2 aliphatic heterocycles. The van der Waals surface area contributed by atoms with Crippen LogP contribution < -0.4 is 5.32 Å². The minimum atomic E-state index is -3.12. The smallest absolute Gasteiger partial charge is 0.223 e. The highest BCUT2D eigenvalue weighted by Crippen LogP contribution is 2.21. The van der Waals surface area contributed by atoms with Crippen molar-refractivity contribution >= 4 is 15.9 Å². The zero-order valence-electron chi connectivity index (χ0n) is 14.6. The first-order valence-corrected chi connectivity index (χ1v) is 10.6. The zero-order chi connectivity index (χ0) is 17.0. The van der Waals surface area contributed by atoms with Crippen LogP contribution in [-0.2, 0) is 14.8 Å². The molecule has 1 N–H and O–H groups in total. The van der Waals surface area contributed by atoms with Crippen LogP contribution in [0, 0.1) is 11.8 Å². The molecule has 0 aromatic heterocycles. The molecule has 23 heavy (non-hydrogen) atoms. The van der Waals surface area contributed by atoms with E-state index in [0.717, 1.165) is 32.5 Å². The second-order valence-corrected chi connectivity index (χ2v) is 9.24. The van der Waals surface area contributed by atoms with E-state index in [0.29, 0.717) is 37.9 Å². The molecule has 2 heterocycles. The average Bonchev–Trinajstić information content (AvgIpc) is 2.52. The van der Waals surface area contributed by atoms with Gasteiger partial charge in [-0.05, 0) is 58.5 Å². The molecule has 0 aliphatic carbocycles. The van der Waals surface area contributed by atoms with Gasteiger partial charge in [-0.3, -0.25) is 4.79 Å². The first kappa shape index (κ1) is 18.7. The number of piperidine rings is 2. The molecule has 0 radical (unpaired) electrons. The van der Waals surface area contributed by atoms with Gasteiger partial charge in [0, 0.05) is 31.6 Å². The molecule has 1 amide bonds. The fourth-order valence-corrected chi connectivity index (χ4v) is 4.39. The predicted molar refractivity (Wildman–Crippen MR) is 91.6 cm³/mol. The van der Waals surface area contributed by atoms with E-state index >= 15 is 0 Å². The monoisotopic (exact) mass is 345 g/mol. The number of carbonyl (C=O) groups is 1. The van der Waals surface area contributed by atoms with E-state index in [1.165, 1.54) is 10.6 Å². The molecule has 0 bridgehead atoms. The van der Waals surface area contributed by atoms with E-state index in [9.17, 15) is 13.2 Å². The predicted octanol–water partition coefficient (Wildman–Crippen LogP) is 0.895. The van der Waals surface area contributed by atoms with Crippen LogP contribution in [0.15, 0.2) is 0 Å². The Bertz CT molecular complexity index is 491. The number of carbonyl (C=O) groups excluding carboxylic acids is 1. The molecule has 2 fully saturated rings. The number of amides is 1. The lowest BCUT2D eigenvalue weighted by atomic mass is 9.94. The highest BCUT2D eigenvalue weighted by atomic mass is 32.2. The van der Waals surface area contributed by atoms with E-state index in [1.807, 2.05) is 0 Å².